The average molecular weight is 255 g/mol. The van der Waals surface area contributed by atoms with Crippen LogP contribution in [0.4, 0.5) is 0 Å². The third kappa shape index (κ3) is 1.94. The molecule has 0 aliphatic heterocycles. The summed E-state index contributed by atoms with van der Waals surface area (Å²) in [5, 5.41) is 3.81. The first-order valence-corrected chi connectivity index (χ1v) is 8.01. The van der Waals surface area contributed by atoms with Crippen molar-refractivity contribution in [3.8, 4) is 0 Å². The number of hydrogen-bond acceptors (Lipinski definition) is 1. The van der Waals surface area contributed by atoms with Gasteiger partial charge in [-0.15, -0.1) is 0 Å². The van der Waals surface area contributed by atoms with E-state index in [1.54, 1.807) is 5.56 Å². The molecule has 3 aliphatic carbocycles. The predicted octanol–water partition coefficient (Wildman–Crippen LogP) is 3.95. The fourth-order valence-corrected chi connectivity index (χ4v) is 4.62. The fourth-order valence-electron chi connectivity index (χ4n) is 4.62. The van der Waals surface area contributed by atoms with Crippen molar-refractivity contribution in [2.45, 2.75) is 63.3 Å². The monoisotopic (exact) mass is 255 g/mol. The minimum Gasteiger partial charge on any atom is -0.313 e. The molecule has 1 heteroatoms. The van der Waals surface area contributed by atoms with Crippen LogP contribution in [-0.4, -0.2) is 12.6 Å². The van der Waals surface area contributed by atoms with E-state index in [9.17, 15) is 0 Å². The number of nitrogens with one attached hydrogen (secondary N) is 1. The van der Waals surface area contributed by atoms with Gasteiger partial charge in [0.2, 0.25) is 0 Å². The van der Waals surface area contributed by atoms with E-state index >= 15 is 0 Å². The molecule has 1 spiro atoms. The average Bonchev–Trinajstić information content (AvgIpc) is 3.11. The van der Waals surface area contributed by atoms with Crippen LogP contribution >= 0.6 is 0 Å². The lowest BCUT2D eigenvalue weighted by Gasteiger charge is -2.62. The molecule has 3 saturated carbocycles. The number of hydrogen-bond donors (Lipinski definition) is 1. The SMILES string of the molecule is Cc1ccccc1C1(CNC2CC2)CC2(CCC2)C1. The van der Waals surface area contributed by atoms with Gasteiger partial charge in [0.25, 0.3) is 0 Å². The van der Waals surface area contributed by atoms with Crippen molar-refractivity contribution in [2.24, 2.45) is 5.41 Å². The maximum atomic E-state index is 3.81. The molecule has 0 amide bonds. The highest BCUT2D eigenvalue weighted by molar-refractivity contribution is 5.38. The van der Waals surface area contributed by atoms with Crippen LogP contribution in [0, 0.1) is 12.3 Å². The highest BCUT2D eigenvalue weighted by atomic mass is 15.0. The number of aryl methyl sites for hydroxylation is 1. The summed E-state index contributed by atoms with van der Waals surface area (Å²) in [6, 6.07) is 9.92. The highest BCUT2D eigenvalue weighted by Crippen LogP contribution is 2.65. The maximum absolute atomic E-state index is 3.81. The molecule has 0 atom stereocenters. The summed E-state index contributed by atoms with van der Waals surface area (Å²) >= 11 is 0. The molecule has 1 aromatic rings. The lowest BCUT2D eigenvalue weighted by Crippen LogP contribution is -2.57. The van der Waals surface area contributed by atoms with Gasteiger partial charge in [-0.3, -0.25) is 0 Å². The Morgan fingerprint density at radius 3 is 2.47 bits per heavy atom. The molecular formula is C18H25N. The molecule has 0 unspecified atom stereocenters. The van der Waals surface area contributed by atoms with E-state index in [2.05, 4.69) is 36.5 Å². The molecule has 102 valence electrons. The van der Waals surface area contributed by atoms with E-state index in [1.807, 2.05) is 0 Å². The Bertz CT molecular complexity index is 474. The quantitative estimate of drug-likeness (QED) is 0.859. The molecule has 0 bridgehead atoms. The van der Waals surface area contributed by atoms with E-state index in [-0.39, 0.29) is 0 Å². The van der Waals surface area contributed by atoms with E-state index in [0.29, 0.717) is 5.41 Å². The summed E-state index contributed by atoms with van der Waals surface area (Å²) in [5.74, 6) is 0. The van der Waals surface area contributed by atoms with Gasteiger partial charge in [-0.1, -0.05) is 30.7 Å². The minimum absolute atomic E-state index is 0.453. The summed E-state index contributed by atoms with van der Waals surface area (Å²) in [5.41, 5.74) is 4.32. The van der Waals surface area contributed by atoms with E-state index in [0.717, 1.165) is 11.5 Å². The third-order valence-corrected chi connectivity index (χ3v) is 5.86. The van der Waals surface area contributed by atoms with Gasteiger partial charge in [0, 0.05) is 18.0 Å². The van der Waals surface area contributed by atoms with Gasteiger partial charge in [0.05, 0.1) is 0 Å². The van der Waals surface area contributed by atoms with Crippen molar-refractivity contribution in [2.75, 3.05) is 6.54 Å². The Kier molecular flexibility index (Phi) is 2.57. The Morgan fingerprint density at radius 1 is 1.16 bits per heavy atom. The molecule has 0 radical (unpaired) electrons. The van der Waals surface area contributed by atoms with Gasteiger partial charge in [-0.05, 0) is 62.0 Å². The molecule has 19 heavy (non-hydrogen) atoms. The molecule has 1 N–H and O–H groups in total. The van der Waals surface area contributed by atoms with Gasteiger partial charge in [-0.25, -0.2) is 0 Å². The summed E-state index contributed by atoms with van der Waals surface area (Å²) in [7, 11) is 0. The Morgan fingerprint density at radius 2 is 1.89 bits per heavy atom. The van der Waals surface area contributed by atoms with Gasteiger partial charge >= 0.3 is 0 Å². The van der Waals surface area contributed by atoms with Crippen LogP contribution in [0.15, 0.2) is 24.3 Å². The zero-order chi connectivity index (χ0) is 12.9. The Hall–Kier alpha value is -0.820. The third-order valence-electron chi connectivity index (χ3n) is 5.86. The van der Waals surface area contributed by atoms with E-state index < -0.39 is 0 Å². The van der Waals surface area contributed by atoms with Crippen LogP contribution in [0.1, 0.15) is 56.1 Å². The standard InChI is InChI=1S/C18H25N/c1-14-5-2-3-6-16(14)18(13-19-15-7-8-15)11-17(12-18)9-4-10-17/h2-3,5-6,15,19H,4,7-13H2,1H3. The van der Waals surface area contributed by atoms with Crippen molar-refractivity contribution in [1.29, 1.82) is 0 Å². The van der Waals surface area contributed by atoms with E-state index in [4.69, 9.17) is 0 Å². The molecule has 0 saturated heterocycles. The van der Waals surface area contributed by atoms with Crippen LogP contribution in [0.3, 0.4) is 0 Å². The Labute approximate surface area is 116 Å². The van der Waals surface area contributed by atoms with Crippen LogP contribution in [0.2, 0.25) is 0 Å². The summed E-state index contributed by atoms with van der Waals surface area (Å²) in [6.45, 7) is 3.50. The van der Waals surface area contributed by atoms with Crippen molar-refractivity contribution in [3.63, 3.8) is 0 Å². The van der Waals surface area contributed by atoms with Crippen molar-refractivity contribution >= 4 is 0 Å². The first kappa shape index (κ1) is 12.0. The first-order valence-electron chi connectivity index (χ1n) is 8.01. The number of rotatable bonds is 4. The number of benzene rings is 1. The van der Waals surface area contributed by atoms with Crippen molar-refractivity contribution in [3.05, 3.63) is 35.4 Å². The summed E-state index contributed by atoms with van der Waals surface area (Å²) in [6.07, 6.45) is 10.1. The largest absolute Gasteiger partial charge is 0.313 e. The normalized spacial score (nSPS) is 26.8. The van der Waals surface area contributed by atoms with Crippen molar-refractivity contribution in [1.82, 2.24) is 5.32 Å². The molecule has 3 fully saturated rings. The molecule has 1 aromatic carbocycles. The Balaban J connectivity index is 1.58. The van der Waals surface area contributed by atoms with Gasteiger partial charge in [0.15, 0.2) is 0 Å². The lowest BCUT2D eigenvalue weighted by atomic mass is 9.43. The second-order valence-electron chi connectivity index (χ2n) is 7.46. The van der Waals surface area contributed by atoms with E-state index in [1.165, 1.54) is 57.1 Å². The van der Waals surface area contributed by atoms with Gasteiger partial charge < -0.3 is 5.32 Å². The predicted molar refractivity (Wildman–Crippen MR) is 79.4 cm³/mol. The second kappa shape index (κ2) is 4.09. The molecule has 1 nitrogen and oxygen atoms in total. The van der Waals surface area contributed by atoms with Crippen LogP contribution in [-0.2, 0) is 5.41 Å². The maximum Gasteiger partial charge on any atom is 0.00910 e. The van der Waals surface area contributed by atoms with Crippen LogP contribution in [0.25, 0.3) is 0 Å². The smallest absolute Gasteiger partial charge is 0.00910 e. The molecular weight excluding hydrogens is 230 g/mol. The van der Waals surface area contributed by atoms with Crippen molar-refractivity contribution < 1.29 is 0 Å². The van der Waals surface area contributed by atoms with Gasteiger partial charge in [-0.2, -0.15) is 0 Å². The fraction of sp³-hybridized carbons (Fsp3) is 0.667. The molecule has 0 aromatic heterocycles. The summed E-state index contributed by atoms with van der Waals surface area (Å²) in [4.78, 5) is 0. The van der Waals surface area contributed by atoms with Gasteiger partial charge in [0.1, 0.15) is 0 Å². The zero-order valence-electron chi connectivity index (χ0n) is 12.0. The first-order chi connectivity index (χ1) is 9.22. The second-order valence-corrected chi connectivity index (χ2v) is 7.46. The molecule has 3 aliphatic rings. The minimum atomic E-state index is 0.453. The topological polar surface area (TPSA) is 12.0 Å². The molecule has 4 rings (SSSR count). The van der Waals surface area contributed by atoms with Crippen LogP contribution < -0.4 is 5.32 Å². The lowest BCUT2D eigenvalue weighted by molar-refractivity contribution is -0.0486. The summed E-state index contributed by atoms with van der Waals surface area (Å²) < 4.78 is 0. The highest BCUT2D eigenvalue weighted by Gasteiger charge is 2.57. The zero-order valence-corrected chi connectivity index (χ0v) is 12.0. The van der Waals surface area contributed by atoms with Crippen LogP contribution in [0.5, 0.6) is 0 Å². The molecule has 0 heterocycles.